The van der Waals surface area contributed by atoms with E-state index in [2.05, 4.69) is 20.8 Å². The molecule has 0 unspecified atom stereocenters. The molecule has 0 saturated heterocycles. The topological polar surface area (TPSA) is 116 Å². The SMILES string of the molecule is Cc1ccc(C(=O)Nc2nonc2-c2noc(=O)n2-c2cccc(Cl)c2)cc1. The molecule has 1 amide bonds. The number of halogens is 1. The Balaban J connectivity index is 1.71. The van der Waals surface area contributed by atoms with Gasteiger partial charge >= 0.3 is 5.76 Å². The Hall–Kier alpha value is -3.72. The van der Waals surface area contributed by atoms with Crippen LogP contribution in [0.5, 0.6) is 0 Å². The van der Waals surface area contributed by atoms with Gasteiger partial charge in [-0.2, -0.15) is 0 Å². The second kappa shape index (κ2) is 7.12. The lowest BCUT2D eigenvalue weighted by molar-refractivity contribution is 0.102. The van der Waals surface area contributed by atoms with E-state index in [9.17, 15) is 9.59 Å². The van der Waals surface area contributed by atoms with Crippen LogP contribution >= 0.6 is 11.6 Å². The van der Waals surface area contributed by atoms with Crippen molar-refractivity contribution < 1.29 is 13.9 Å². The number of carbonyl (C=O) groups is 1. The van der Waals surface area contributed by atoms with Crippen molar-refractivity contribution in [3.8, 4) is 17.2 Å². The monoisotopic (exact) mass is 397 g/mol. The minimum Gasteiger partial charge on any atom is -0.302 e. The summed E-state index contributed by atoms with van der Waals surface area (Å²) in [5.74, 6) is -1.17. The standard InChI is InChI=1S/C18H12ClN5O4/c1-10-5-7-11(8-6-10)17(25)20-15-14(21-28-22-15)16-23-27-18(26)24(16)13-4-2-3-12(19)9-13/h2-9H,1H3,(H,20,22,25). The predicted molar refractivity (Wildman–Crippen MR) is 99.5 cm³/mol. The summed E-state index contributed by atoms with van der Waals surface area (Å²) in [5, 5.41) is 14.2. The number of aryl methyl sites for hydroxylation is 1. The molecule has 0 saturated carbocycles. The molecular formula is C18H12ClN5O4. The summed E-state index contributed by atoms with van der Waals surface area (Å²) in [6.07, 6.45) is 0. The van der Waals surface area contributed by atoms with Crippen molar-refractivity contribution in [2.45, 2.75) is 6.92 Å². The average molecular weight is 398 g/mol. The lowest BCUT2D eigenvalue weighted by Crippen LogP contribution is -2.15. The number of carbonyl (C=O) groups excluding carboxylic acids is 1. The predicted octanol–water partition coefficient (Wildman–Crippen LogP) is 3.09. The van der Waals surface area contributed by atoms with Gasteiger partial charge in [0.2, 0.25) is 11.6 Å². The number of benzene rings is 2. The Morgan fingerprint density at radius 3 is 2.64 bits per heavy atom. The Bertz CT molecular complexity index is 1210. The Labute approximate surface area is 162 Å². The highest BCUT2D eigenvalue weighted by Crippen LogP contribution is 2.25. The molecule has 0 bridgehead atoms. The van der Waals surface area contributed by atoms with E-state index in [1.54, 1.807) is 36.4 Å². The molecule has 4 aromatic rings. The number of amides is 1. The van der Waals surface area contributed by atoms with Gasteiger partial charge in [-0.15, -0.1) is 0 Å². The number of hydrogen-bond donors (Lipinski definition) is 1. The Morgan fingerprint density at radius 1 is 1.11 bits per heavy atom. The van der Waals surface area contributed by atoms with Gasteiger partial charge in [0.1, 0.15) is 0 Å². The molecule has 0 aliphatic heterocycles. The molecule has 2 aromatic heterocycles. The smallest absolute Gasteiger partial charge is 0.302 e. The zero-order chi connectivity index (χ0) is 19.7. The van der Waals surface area contributed by atoms with Crippen LogP contribution in [0.1, 0.15) is 15.9 Å². The fourth-order valence-corrected chi connectivity index (χ4v) is 2.73. The van der Waals surface area contributed by atoms with Gasteiger partial charge in [-0.3, -0.25) is 9.32 Å². The molecule has 9 nitrogen and oxygen atoms in total. The van der Waals surface area contributed by atoms with Crippen molar-refractivity contribution >= 4 is 23.3 Å². The van der Waals surface area contributed by atoms with E-state index >= 15 is 0 Å². The van der Waals surface area contributed by atoms with Crippen LogP contribution in [0.25, 0.3) is 17.2 Å². The van der Waals surface area contributed by atoms with Gasteiger partial charge in [-0.25, -0.2) is 14.0 Å². The van der Waals surface area contributed by atoms with Crippen LogP contribution in [0.15, 0.2) is 62.5 Å². The van der Waals surface area contributed by atoms with E-state index in [-0.39, 0.29) is 17.3 Å². The van der Waals surface area contributed by atoms with E-state index in [1.807, 2.05) is 19.1 Å². The summed E-state index contributed by atoms with van der Waals surface area (Å²) in [4.78, 5) is 24.6. The zero-order valence-electron chi connectivity index (χ0n) is 14.4. The van der Waals surface area contributed by atoms with Gasteiger partial charge < -0.3 is 5.32 Å². The summed E-state index contributed by atoms with van der Waals surface area (Å²) >= 11 is 6.00. The lowest BCUT2D eigenvalue weighted by atomic mass is 10.1. The minimum absolute atomic E-state index is 0.00495. The van der Waals surface area contributed by atoms with Crippen LogP contribution < -0.4 is 11.1 Å². The second-order valence-electron chi connectivity index (χ2n) is 5.87. The first-order valence-corrected chi connectivity index (χ1v) is 8.46. The molecule has 28 heavy (non-hydrogen) atoms. The summed E-state index contributed by atoms with van der Waals surface area (Å²) in [7, 11) is 0. The largest absolute Gasteiger partial charge is 0.446 e. The molecule has 0 radical (unpaired) electrons. The maximum Gasteiger partial charge on any atom is 0.446 e. The highest BCUT2D eigenvalue weighted by Gasteiger charge is 2.24. The van der Waals surface area contributed by atoms with Crippen molar-refractivity contribution in [2.75, 3.05) is 5.32 Å². The average Bonchev–Trinajstić information content (AvgIpc) is 3.28. The molecule has 0 fully saturated rings. The fourth-order valence-electron chi connectivity index (χ4n) is 2.54. The van der Waals surface area contributed by atoms with E-state index in [0.29, 0.717) is 16.3 Å². The van der Waals surface area contributed by atoms with E-state index in [4.69, 9.17) is 20.8 Å². The van der Waals surface area contributed by atoms with Crippen molar-refractivity contribution in [1.29, 1.82) is 0 Å². The molecule has 4 rings (SSSR count). The first-order valence-electron chi connectivity index (χ1n) is 8.08. The summed E-state index contributed by atoms with van der Waals surface area (Å²) < 4.78 is 10.7. The highest BCUT2D eigenvalue weighted by atomic mass is 35.5. The normalized spacial score (nSPS) is 10.8. The molecule has 0 aliphatic rings. The molecule has 0 spiro atoms. The van der Waals surface area contributed by atoms with E-state index in [0.717, 1.165) is 10.1 Å². The zero-order valence-corrected chi connectivity index (χ0v) is 15.2. The van der Waals surface area contributed by atoms with Gasteiger partial charge in [0.15, 0.2) is 5.69 Å². The first-order chi connectivity index (χ1) is 13.5. The number of rotatable bonds is 4. The third-order valence-corrected chi connectivity index (χ3v) is 4.15. The van der Waals surface area contributed by atoms with Gasteiger partial charge in [0, 0.05) is 10.6 Å². The van der Waals surface area contributed by atoms with E-state index < -0.39 is 11.7 Å². The van der Waals surface area contributed by atoms with Crippen LogP contribution in [0.4, 0.5) is 5.82 Å². The number of nitrogens with one attached hydrogen (secondary N) is 1. The molecular weight excluding hydrogens is 386 g/mol. The molecule has 2 heterocycles. The van der Waals surface area contributed by atoms with Crippen molar-refractivity contribution in [1.82, 2.24) is 20.0 Å². The number of anilines is 1. The minimum atomic E-state index is -0.754. The lowest BCUT2D eigenvalue weighted by Gasteiger charge is -2.05. The van der Waals surface area contributed by atoms with Gasteiger partial charge in [0.05, 0.1) is 5.69 Å². The molecule has 2 aromatic carbocycles. The third-order valence-electron chi connectivity index (χ3n) is 3.92. The third kappa shape index (κ3) is 3.30. The van der Waals surface area contributed by atoms with Crippen LogP contribution in [-0.2, 0) is 0 Å². The number of nitrogens with zero attached hydrogens (tertiary/aromatic N) is 4. The van der Waals surface area contributed by atoms with Crippen LogP contribution in [0.3, 0.4) is 0 Å². The van der Waals surface area contributed by atoms with Crippen LogP contribution in [0, 0.1) is 6.92 Å². The van der Waals surface area contributed by atoms with Crippen molar-refractivity contribution in [3.05, 3.63) is 75.2 Å². The highest BCUT2D eigenvalue weighted by molar-refractivity contribution is 6.30. The van der Waals surface area contributed by atoms with Crippen molar-refractivity contribution in [3.63, 3.8) is 0 Å². The van der Waals surface area contributed by atoms with Crippen LogP contribution in [0.2, 0.25) is 5.02 Å². The summed E-state index contributed by atoms with van der Waals surface area (Å²) in [5.41, 5.74) is 1.89. The quantitative estimate of drug-likeness (QED) is 0.562. The Kier molecular flexibility index (Phi) is 4.50. The van der Waals surface area contributed by atoms with Crippen LogP contribution in [-0.4, -0.2) is 25.9 Å². The maximum absolute atomic E-state index is 12.5. The summed E-state index contributed by atoms with van der Waals surface area (Å²) in [6, 6.07) is 13.5. The Morgan fingerprint density at radius 2 is 1.89 bits per heavy atom. The van der Waals surface area contributed by atoms with Gasteiger partial charge in [-0.05, 0) is 47.6 Å². The molecule has 0 aliphatic carbocycles. The molecule has 140 valence electrons. The molecule has 1 N–H and O–H groups in total. The van der Waals surface area contributed by atoms with E-state index in [1.165, 1.54) is 0 Å². The molecule has 0 atom stereocenters. The first kappa shape index (κ1) is 17.7. The second-order valence-corrected chi connectivity index (χ2v) is 6.31. The van der Waals surface area contributed by atoms with Gasteiger partial charge in [-0.1, -0.05) is 40.5 Å². The fraction of sp³-hybridized carbons (Fsp3) is 0.0556. The van der Waals surface area contributed by atoms with Crippen molar-refractivity contribution in [2.24, 2.45) is 0 Å². The molecule has 10 heteroatoms. The van der Waals surface area contributed by atoms with Gasteiger partial charge in [0.25, 0.3) is 5.91 Å². The number of hydrogen-bond acceptors (Lipinski definition) is 7. The summed E-state index contributed by atoms with van der Waals surface area (Å²) in [6.45, 7) is 1.92. The maximum atomic E-state index is 12.5. The number of aromatic nitrogens is 4.